The number of hydrogen-bond donors (Lipinski definition) is 1. The van der Waals surface area contributed by atoms with Crippen LogP contribution in [0.5, 0.6) is 0 Å². The van der Waals surface area contributed by atoms with Crippen LogP contribution in [0.4, 0.5) is 0 Å². The molecule has 3 rings (SSSR count). The zero-order chi connectivity index (χ0) is 15.2. The van der Waals surface area contributed by atoms with Crippen LogP contribution in [0.3, 0.4) is 0 Å². The Morgan fingerprint density at radius 3 is 2.67 bits per heavy atom. The highest BCUT2D eigenvalue weighted by atomic mass is 35.5. The summed E-state index contributed by atoms with van der Waals surface area (Å²) in [5, 5.41) is 16.4. The third-order valence-corrected chi connectivity index (χ3v) is 3.62. The third-order valence-electron chi connectivity index (χ3n) is 3.23. The Labute approximate surface area is 126 Å². The van der Waals surface area contributed by atoms with Crippen LogP contribution in [0.15, 0.2) is 10.6 Å². The van der Waals surface area contributed by atoms with Gasteiger partial charge >= 0.3 is 0 Å². The highest BCUT2D eigenvalue weighted by molar-refractivity contribution is 6.37. The predicted octanol–water partition coefficient (Wildman–Crippen LogP) is 3.52. The minimum absolute atomic E-state index is 0.211. The van der Waals surface area contributed by atoms with Gasteiger partial charge in [-0.2, -0.15) is 5.10 Å². The predicted molar refractivity (Wildman–Crippen MR) is 80.3 cm³/mol. The first-order valence-corrected chi connectivity index (χ1v) is 7.15. The smallest absolute Gasteiger partial charge is 0.251 e. The van der Waals surface area contributed by atoms with E-state index in [1.165, 1.54) is 0 Å². The van der Waals surface area contributed by atoms with Crippen LogP contribution in [-0.2, 0) is 11.8 Å². The Kier molecular flexibility index (Phi) is 3.20. The van der Waals surface area contributed by atoms with Crippen LogP contribution in [0.25, 0.3) is 22.5 Å². The van der Waals surface area contributed by atoms with E-state index in [0.717, 1.165) is 11.1 Å². The summed E-state index contributed by atoms with van der Waals surface area (Å²) in [6.45, 7) is 8.06. The molecular formula is C14H16ClN5O. The summed E-state index contributed by atoms with van der Waals surface area (Å²) >= 11 is 6.50. The van der Waals surface area contributed by atoms with E-state index >= 15 is 0 Å². The number of rotatable bonds is 2. The van der Waals surface area contributed by atoms with Crippen molar-refractivity contribution in [1.82, 2.24) is 25.4 Å². The molecule has 21 heavy (non-hydrogen) atoms. The van der Waals surface area contributed by atoms with Crippen molar-refractivity contribution >= 4 is 22.6 Å². The Morgan fingerprint density at radius 2 is 2.05 bits per heavy atom. The molecule has 110 valence electrons. The number of pyridine rings is 1. The van der Waals surface area contributed by atoms with Gasteiger partial charge in [0, 0.05) is 5.41 Å². The molecule has 0 spiro atoms. The van der Waals surface area contributed by atoms with Gasteiger partial charge in [0.15, 0.2) is 5.65 Å². The number of aromatic nitrogens is 5. The van der Waals surface area contributed by atoms with E-state index in [9.17, 15) is 0 Å². The van der Waals surface area contributed by atoms with Gasteiger partial charge in [0.25, 0.3) is 5.89 Å². The molecule has 3 aromatic rings. The van der Waals surface area contributed by atoms with E-state index < -0.39 is 0 Å². The molecule has 0 aliphatic rings. The summed E-state index contributed by atoms with van der Waals surface area (Å²) in [6, 6.07) is 0. The van der Waals surface area contributed by atoms with Gasteiger partial charge in [-0.05, 0) is 6.42 Å². The molecule has 3 heterocycles. The van der Waals surface area contributed by atoms with Gasteiger partial charge in [-0.1, -0.05) is 39.3 Å². The van der Waals surface area contributed by atoms with Gasteiger partial charge < -0.3 is 4.42 Å². The molecule has 1 N–H and O–H groups in total. The average molecular weight is 306 g/mol. The number of nitrogens with one attached hydrogen (secondary N) is 1. The molecule has 0 radical (unpaired) electrons. The molecule has 0 aromatic carbocycles. The highest BCUT2D eigenvalue weighted by Crippen LogP contribution is 2.36. The topological polar surface area (TPSA) is 80.5 Å². The Hall–Kier alpha value is -1.95. The summed E-state index contributed by atoms with van der Waals surface area (Å²) in [5.41, 5.74) is 1.95. The van der Waals surface area contributed by atoms with E-state index in [0.29, 0.717) is 34.4 Å². The third kappa shape index (κ3) is 2.29. The lowest BCUT2D eigenvalue weighted by atomic mass is 9.97. The van der Waals surface area contributed by atoms with Gasteiger partial charge in [-0.25, -0.2) is 4.98 Å². The molecule has 6 nitrogen and oxygen atoms in total. The number of hydrogen-bond acceptors (Lipinski definition) is 5. The van der Waals surface area contributed by atoms with E-state index in [1.807, 2.05) is 27.7 Å². The fraction of sp³-hybridized carbons (Fsp3) is 0.429. The van der Waals surface area contributed by atoms with Crippen molar-refractivity contribution in [3.05, 3.63) is 22.8 Å². The number of nitrogens with zero attached hydrogens (tertiary/aromatic N) is 4. The van der Waals surface area contributed by atoms with Crippen LogP contribution < -0.4 is 0 Å². The van der Waals surface area contributed by atoms with E-state index in [2.05, 4.69) is 25.4 Å². The van der Waals surface area contributed by atoms with Crippen LogP contribution >= 0.6 is 11.6 Å². The van der Waals surface area contributed by atoms with Crippen molar-refractivity contribution in [2.24, 2.45) is 0 Å². The molecule has 0 unspecified atom stereocenters. The molecule has 0 aliphatic carbocycles. The van der Waals surface area contributed by atoms with Crippen molar-refractivity contribution in [1.29, 1.82) is 0 Å². The Balaban J connectivity index is 2.23. The molecule has 0 fully saturated rings. The number of halogens is 1. The van der Waals surface area contributed by atoms with Crippen molar-refractivity contribution < 1.29 is 4.42 Å². The average Bonchev–Trinajstić information content (AvgIpc) is 3.05. The lowest BCUT2D eigenvalue weighted by Gasteiger charge is -2.11. The SMILES string of the molecule is CCc1nc2[nH]ncc2c(Cl)c1-c1nnc(C(C)(C)C)o1. The van der Waals surface area contributed by atoms with E-state index in [4.69, 9.17) is 16.0 Å². The van der Waals surface area contributed by atoms with Crippen LogP contribution in [0, 0.1) is 0 Å². The summed E-state index contributed by atoms with van der Waals surface area (Å²) in [5.74, 6) is 0.972. The fourth-order valence-corrected chi connectivity index (χ4v) is 2.41. The zero-order valence-electron chi connectivity index (χ0n) is 12.4. The van der Waals surface area contributed by atoms with Crippen LogP contribution in [0.1, 0.15) is 39.3 Å². The number of aromatic amines is 1. The highest BCUT2D eigenvalue weighted by Gasteiger charge is 2.25. The first-order valence-electron chi connectivity index (χ1n) is 6.77. The number of fused-ring (bicyclic) bond motifs is 1. The minimum Gasteiger partial charge on any atom is -0.420 e. The number of H-pyrrole nitrogens is 1. The molecule has 3 aromatic heterocycles. The maximum absolute atomic E-state index is 6.50. The summed E-state index contributed by atoms with van der Waals surface area (Å²) in [4.78, 5) is 4.53. The Morgan fingerprint density at radius 1 is 1.29 bits per heavy atom. The van der Waals surface area contributed by atoms with E-state index in [-0.39, 0.29) is 5.41 Å². The zero-order valence-corrected chi connectivity index (χ0v) is 13.1. The van der Waals surface area contributed by atoms with Crippen molar-refractivity contribution in [2.45, 2.75) is 39.5 Å². The summed E-state index contributed by atoms with van der Waals surface area (Å²) in [7, 11) is 0. The van der Waals surface area contributed by atoms with Crippen molar-refractivity contribution in [2.75, 3.05) is 0 Å². The molecule has 0 saturated carbocycles. The molecule has 0 amide bonds. The monoisotopic (exact) mass is 305 g/mol. The normalized spacial score (nSPS) is 12.2. The fourth-order valence-electron chi connectivity index (χ4n) is 2.08. The minimum atomic E-state index is -0.211. The van der Waals surface area contributed by atoms with Gasteiger partial charge in [0.05, 0.1) is 27.9 Å². The van der Waals surface area contributed by atoms with Crippen LogP contribution in [0.2, 0.25) is 5.02 Å². The largest absolute Gasteiger partial charge is 0.420 e. The Bertz CT molecular complexity index is 799. The molecule has 0 atom stereocenters. The molecular weight excluding hydrogens is 290 g/mol. The van der Waals surface area contributed by atoms with Gasteiger partial charge in [0.2, 0.25) is 5.89 Å². The van der Waals surface area contributed by atoms with Gasteiger partial charge in [0.1, 0.15) is 0 Å². The van der Waals surface area contributed by atoms with E-state index in [1.54, 1.807) is 6.20 Å². The van der Waals surface area contributed by atoms with Crippen molar-refractivity contribution in [3.63, 3.8) is 0 Å². The molecule has 0 saturated heterocycles. The number of aryl methyl sites for hydroxylation is 1. The van der Waals surface area contributed by atoms with Gasteiger partial charge in [-0.15, -0.1) is 10.2 Å². The maximum atomic E-state index is 6.50. The lowest BCUT2D eigenvalue weighted by Crippen LogP contribution is -2.11. The molecule has 0 bridgehead atoms. The summed E-state index contributed by atoms with van der Waals surface area (Å²) in [6.07, 6.45) is 2.35. The standard InChI is InChI=1S/C14H16ClN5O/c1-5-8-9(10(15)7-6-16-18-11(7)17-8)12-19-20-13(21-12)14(2,3)4/h6H,5H2,1-4H3,(H,16,17,18). The lowest BCUT2D eigenvalue weighted by molar-refractivity contribution is 0.399. The van der Waals surface area contributed by atoms with Crippen LogP contribution in [-0.4, -0.2) is 25.4 Å². The quantitative estimate of drug-likeness (QED) is 0.783. The van der Waals surface area contributed by atoms with Gasteiger partial charge in [-0.3, -0.25) is 5.10 Å². The second-order valence-electron chi connectivity index (χ2n) is 5.90. The summed E-state index contributed by atoms with van der Waals surface area (Å²) < 4.78 is 5.81. The molecule has 7 heteroatoms. The first kappa shape index (κ1) is 14.0. The molecule has 0 aliphatic heterocycles. The second-order valence-corrected chi connectivity index (χ2v) is 6.27. The second kappa shape index (κ2) is 4.80. The maximum Gasteiger partial charge on any atom is 0.251 e. The first-order chi connectivity index (χ1) is 9.91. The van der Waals surface area contributed by atoms with Crippen molar-refractivity contribution in [3.8, 4) is 11.5 Å².